The van der Waals surface area contributed by atoms with Crippen LogP contribution in [0.15, 0.2) is 47.6 Å². The van der Waals surface area contributed by atoms with Gasteiger partial charge in [-0.05, 0) is 64.5 Å². The summed E-state index contributed by atoms with van der Waals surface area (Å²) in [5.74, 6) is 0.331. The predicted octanol–water partition coefficient (Wildman–Crippen LogP) is 4.65. The molecule has 0 unspecified atom stereocenters. The lowest BCUT2D eigenvalue weighted by atomic mass is 9.95. The normalized spacial score (nSPS) is 18.1. The van der Waals surface area contributed by atoms with Crippen molar-refractivity contribution in [3.8, 4) is 0 Å². The Morgan fingerprint density at radius 2 is 1.82 bits per heavy atom. The quantitative estimate of drug-likeness (QED) is 0.551. The van der Waals surface area contributed by atoms with Crippen molar-refractivity contribution in [3.63, 3.8) is 0 Å². The predicted molar refractivity (Wildman–Crippen MR) is 114 cm³/mol. The molecule has 0 atom stereocenters. The molecular formula is C24H32N2O2. The molecule has 2 aliphatic rings. The fraction of sp³-hybridized carbons (Fsp3) is 0.500. The van der Waals surface area contributed by atoms with Gasteiger partial charge in [0, 0.05) is 37.3 Å². The Bertz CT molecular complexity index is 782. The number of fused-ring (bicyclic) bond motifs is 1. The van der Waals surface area contributed by atoms with Crippen LogP contribution in [0.2, 0.25) is 0 Å². The lowest BCUT2D eigenvalue weighted by molar-refractivity contribution is -0.127. The van der Waals surface area contributed by atoms with Crippen molar-refractivity contribution in [2.75, 3.05) is 18.0 Å². The monoisotopic (exact) mass is 380 g/mol. The molecule has 1 fully saturated rings. The van der Waals surface area contributed by atoms with Gasteiger partial charge in [0.1, 0.15) is 0 Å². The number of aryl methyl sites for hydroxylation is 1. The Morgan fingerprint density at radius 1 is 1.11 bits per heavy atom. The Labute approximate surface area is 168 Å². The van der Waals surface area contributed by atoms with E-state index in [1.807, 2.05) is 28.9 Å². The van der Waals surface area contributed by atoms with E-state index in [9.17, 15) is 9.59 Å². The number of hydrogen-bond acceptors (Lipinski definition) is 2. The van der Waals surface area contributed by atoms with Crippen LogP contribution in [0.1, 0.15) is 58.4 Å². The largest absolute Gasteiger partial charge is 0.339 e. The maximum Gasteiger partial charge on any atom is 0.246 e. The van der Waals surface area contributed by atoms with Crippen LogP contribution in [0.5, 0.6) is 0 Å². The summed E-state index contributed by atoms with van der Waals surface area (Å²) in [4.78, 5) is 29.1. The van der Waals surface area contributed by atoms with Crippen LogP contribution in [-0.4, -0.2) is 35.8 Å². The average molecular weight is 381 g/mol. The van der Waals surface area contributed by atoms with Crippen LogP contribution in [0.25, 0.3) is 0 Å². The molecule has 1 aromatic rings. The number of allylic oxidation sites excluding steroid dienone is 3. The van der Waals surface area contributed by atoms with E-state index < -0.39 is 0 Å². The van der Waals surface area contributed by atoms with Gasteiger partial charge in [-0.25, -0.2) is 0 Å². The molecule has 1 saturated heterocycles. The van der Waals surface area contributed by atoms with Gasteiger partial charge in [-0.15, -0.1) is 0 Å². The molecule has 4 nitrogen and oxygen atoms in total. The molecule has 4 heteroatoms. The van der Waals surface area contributed by atoms with Gasteiger partial charge in [0.2, 0.25) is 11.8 Å². The van der Waals surface area contributed by atoms with Gasteiger partial charge >= 0.3 is 0 Å². The fourth-order valence-corrected chi connectivity index (χ4v) is 4.16. The van der Waals surface area contributed by atoms with Gasteiger partial charge in [0.05, 0.1) is 0 Å². The topological polar surface area (TPSA) is 40.6 Å². The van der Waals surface area contributed by atoms with Crippen LogP contribution < -0.4 is 4.90 Å². The first-order valence-corrected chi connectivity index (χ1v) is 10.4. The van der Waals surface area contributed by atoms with Crippen molar-refractivity contribution < 1.29 is 9.59 Å². The Kier molecular flexibility index (Phi) is 6.71. The summed E-state index contributed by atoms with van der Waals surface area (Å²) < 4.78 is 0. The SMILES string of the molecule is CC(C)=CCCC(C)=CC(=O)N1CCC(N2C(=O)CCc3ccccc32)CC1. The molecule has 1 aromatic carbocycles. The van der Waals surface area contributed by atoms with Gasteiger partial charge in [0.25, 0.3) is 0 Å². The third-order valence-electron chi connectivity index (χ3n) is 5.73. The second-order valence-electron chi connectivity index (χ2n) is 8.26. The first kappa shape index (κ1) is 20.4. The van der Waals surface area contributed by atoms with Crippen molar-refractivity contribution in [2.24, 2.45) is 0 Å². The maximum absolute atomic E-state index is 12.6. The molecule has 0 radical (unpaired) electrons. The second kappa shape index (κ2) is 9.22. The van der Waals surface area contributed by atoms with Gasteiger partial charge < -0.3 is 9.80 Å². The second-order valence-corrected chi connectivity index (χ2v) is 8.26. The summed E-state index contributed by atoms with van der Waals surface area (Å²) in [5.41, 5.74) is 4.77. The summed E-state index contributed by atoms with van der Waals surface area (Å²) in [6.07, 6.45) is 9.01. The number of nitrogens with zero attached hydrogens (tertiary/aromatic N) is 2. The zero-order chi connectivity index (χ0) is 20.1. The van der Waals surface area contributed by atoms with Crippen LogP contribution in [0, 0.1) is 0 Å². The summed E-state index contributed by atoms with van der Waals surface area (Å²) in [6, 6.07) is 8.42. The van der Waals surface area contributed by atoms with Crippen LogP contribution in [0.3, 0.4) is 0 Å². The van der Waals surface area contributed by atoms with Gasteiger partial charge in [-0.2, -0.15) is 0 Å². The molecule has 28 heavy (non-hydrogen) atoms. The van der Waals surface area contributed by atoms with Crippen LogP contribution in [0.4, 0.5) is 5.69 Å². The molecule has 0 spiro atoms. The summed E-state index contributed by atoms with van der Waals surface area (Å²) in [6.45, 7) is 7.66. The number of hydrogen-bond donors (Lipinski definition) is 0. The van der Waals surface area contributed by atoms with E-state index in [0.717, 1.165) is 43.4 Å². The molecule has 2 amide bonds. The van der Waals surface area contributed by atoms with Crippen molar-refractivity contribution in [3.05, 3.63) is 53.1 Å². The zero-order valence-electron chi connectivity index (χ0n) is 17.4. The summed E-state index contributed by atoms with van der Waals surface area (Å²) in [7, 11) is 0. The maximum atomic E-state index is 12.6. The standard InChI is InChI=1S/C24H32N2O2/c1-18(2)7-6-8-19(3)17-24(28)25-15-13-21(14-16-25)26-22-10-5-4-9-20(22)11-12-23(26)27/h4-5,7,9-10,17,21H,6,8,11-16H2,1-3H3. The van der Waals surface area contributed by atoms with Crippen molar-refractivity contribution >= 4 is 17.5 Å². The van der Waals surface area contributed by atoms with E-state index >= 15 is 0 Å². The van der Waals surface area contributed by atoms with Crippen LogP contribution >= 0.6 is 0 Å². The van der Waals surface area contributed by atoms with E-state index in [0.29, 0.717) is 19.5 Å². The van der Waals surface area contributed by atoms with Crippen molar-refractivity contribution in [1.82, 2.24) is 4.90 Å². The van der Waals surface area contributed by atoms with E-state index in [-0.39, 0.29) is 17.9 Å². The van der Waals surface area contributed by atoms with E-state index in [2.05, 4.69) is 32.1 Å². The molecule has 0 saturated carbocycles. The fourth-order valence-electron chi connectivity index (χ4n) is 4.16. The van der Waals surface area contributed by atoms with Crippen molar-refractivity contribution in [2.45, 2.75) is 65.3 Å². The highest BCUT2D eigenvalue weighted by Gasteiger charge is 2.33. The highest BCUT2D eigenvalue weighted by Crippen LogP contribution is 2.32. The molecule has 0 aromatic heterocycles. The number of carbonyl (C=O) groups excluding carboxylic acids is 2. The molecule has 0 aliphatic carbocycles. The molecule has 0 N–H and O–H groups in total. The number of anilines is 1. The minimum atomic E-state index is 0.110. The van der Waals surface area contributed by atoms with E-state index in [1.165, 1.54) is 11.1 Å². The Balaban J connectivity index is 1.58. The third kappa shape index (κ3) is 4.92. The first-order valence-electron chi connectivity index (χ1n) is 10.4. The number of likely N-dealkylation sites (tertiary alicyclic amines) is 1. The molecule has 2 heterocycles. The molecule has 3 rings (SSSR count). The lowest BCUT2D eigenvalue weighted by Gasteiger charge is -2.40. The molecular weight excluding hydrogens is 348 g/mol. The number of para-hydroxylation sites is 1. The molecule has 0 bridgehead atoms. The highest BCUT2D eigenvalue weighted by molar-refractivity contribution is 5.97. The number of benzene rings is 1. The van der Waals surface area contributed by atoms with E-state index in [4.69, 9.17) is 0 Å². The van der Waals surface area contributed by atoms with Crippen LogP contribution in [-0.2, 0) is 16.0 Å². The van der Waals surface area contributed by atoms with E-state index in [1.54, 1.807) is 6.08 Å². The minimum Gasteiger partial charge on any atom is -0.339 e. The summed E-state index contributed by atoms with van der Waals surface area (Å²) in [5, 5.41) is 0. The Morgan fingerprint density at radius 3 is 2.54 bits per heavy atom. The molecule has 150 valence electrons. The Hall–Kier alpha value is -2.36. The van der Waals surface area contributed by atoms with Crippen molar-refractivity contribution in [1.29, 1.82) is 0 Å². The van der Waals surface area contributed by atoms with Gasteiger partial charge in [-0.3, -0.25) is 9.59 Å². The summed E-state index contributed by atoms with van der Waals surface area (Å²) >= 11 is 0. The number of rotatable bonds is 5. The molecule has 2 aliphatic heterocycles. The average Bonchev–Trinajstić information content (AvgIpc) is 2.67. The smallest absolute Gasteiger partial charge is 0.246 e. The third-order valence-corrected chi connectivity index (χ3v) is 5.73. The zero-order valence-corrected chi connectivity index (χ0v) is 17.4. The number of piperidine rings is 1. The van der Waals surface area contributed by atoms with Gasteiger partial charge in [-0.1, -0.05) is 35.4 Å². The lowest BCUT2D eigenvalue weighted by Crippen LogP contribution is -2.50. The highest BCUT2D eigenvalue weighted by atomic mass is 16.2. The van der Waals surface area contributed by atoms with Gasteiger partial charge in [0.15, 0.2) is 0 Å². The number of carbonyl (C=O) groups is 2. The number of amides is 2. The minimum absolute atomic E-state index is 0.110. The first-order chi connectivity index (χ1) is 13.5.